The largest absolute Gasteiger partial charge is 0.480 e. The van der Waals surface area contributed by atoms with Crippen LogP contribution >= 0.6 is 0 Å². The van der Waals surface area contributed by atoms with E-state index in [0.717, 1.165) is 12.2 Å². The van der Waals surface area contributed by atoms with Gasteiger partial charge >= 0.3 is 0 Å². The van der Waals surface area contributed by atoms with Gasteiger partial charge in [0, 0.05) is 5.92 Å². The molecule has 1 unspecified atom stereocenters. The molecule has 0 radical (unpaired) electrons. The van der Waals surface area contributed by atoms with E-state index in [-0.39, 0.29) is 11.7 Å². The molecule has 0 aliphatic heterocycles. The van der Waals surface area contributed by atoms with E-state index >= 15 is 0 Å². The lowest BCUT2D eigenvalue weighted by molar-refractivity contribution is -0.135. The van der Waals surface area contributed by atoms with Crippen LogP contribution in [0.25, 0.3) is 0 Å². The third-order valence-corrected chi connectivity index (χ3v) is 2.77. The third-order valence-electron chi connectivity index (χ3n) is 2.77. The lowest BCUT2D eigenvalue weighted by Crippen LogP contribution is -2.41. The molecule has 0 fully saturated rings. The standard InChI is InChI=1S/C14H20O2/c1-5-11(2)13(15)14(3,4)16-12-9-7-6-8-10-12/h6-11H,5H2,1-4H3. The summed E-state index contributed by atoms with van der Waals surface area (Å²) >= 11 is 0. The first-order valence-corrected chi connectivity index (χ1v) is 5.75. The van der Waals surface area contributed by atoms with Gasteiger partial charge in [-0.15, -0.1) is 0 Å². The minimum absolute atomic E-state index is 0.0405. The van der Waals surface area contributed by atoms with Crippen molar-refractivity contribution in [3.05, 3.63) is 30.3 Å². The molecule has 0 N–H and O–H groups in total. The average Bonchev–Trinajstić information content (AvgIpc) is 2.27. The maximum Gasteiger partial charge on any atom is 0.178 e. The number of carbonyl (C=O) groups is 1. The molecular formula is C14H20O2. The predicted molar refractivity (Wildman–Crippen MR) is 65.6 cm³/mol. The lowest BCUT2D eigenvalue weighted by Gasteiger charge is -2.27. The van der Waals surface area contributed by atoms with Crippen molar-refractivity contribution in [1.82, 2.24) is 0 Å². The zero-order chi connectivity index (χ0) is 12.2. The van der Waals surface area contributed by atoms with Crippen molar-refractivity contribution >= 4 is 5.78 Å². The Kier molecular flexibility index (Phi) is 4.11. The molecule has 1 atom stereocenters. The molecule has 0 heterocycles. The Morgan fingerprint density at radius 2 is 1.88 bits per heavy atom. The average molecular weight is 220 g/mol. The first-order chi connectivity index (χ1) is 7.47. The second-order valence-corrected chi connectivity index (χ2v) is 4.60. The summed E-state index contributed by atoms with van der Waals surface area (Å²) in [4.78, 5) is 12.1. The fraction of sp³-hybridized carbons (Fsp3) is 0.500. The van der Waals surface area contributed by atoms with E-state index in [1.165, 1.54) is 0 Å². The fourth-order valence-corrected chi connectivity index (χ4v) is 1.61. The maximum atomic E-state index is 12.1. The molecule has 16 heavy (non-hydrogen) atoms. The summed E-state index contributed by atoms with van der Waals surface area (Å²) in [5.74, 6) is 0.932. The Morgan fingerprint density at radius 3 is 2.38 bits per heavy atom. The van der Waals surface area contributed by atoms with Crippen molar-refractivity contribution < 1.29 is 9.53 Å². The smallest absolute Gasteiger partial charge is 0.178 e. The van der Waals surface area contributed by atoms with E-state index < -0.39 is 5.60 Å². The van der Waals surface area contributed by atoms with Crippen LogP contribution in [0.3, 0.4) is 0 Å². The number of ether oxygens (including phenoxy) is 1. The molecule has 2 heteroatoms. The Bertz CT molecular complexity index is 341. The van der Waals surface area contributed by atoms with Crippen LogP contribution in [0.2, 0.25) is 0 Å². The van der Waals surface area contributed by atoms with Crippen LogP contribution in [0.5, 0.6) is 5.75 Å². The first kappa shape index (κ1) is 12.8. The van der Waals surface area contributed by atoms with Crippen molar-refractivity contribution in [2.75, 3.05) is 0 Å². The van der Waals surface area contributed by atoms with Crippen LogP contribution in [0.1, 0.15) is 34.1 Å². The van der Waals surface area contributed by atoms with Crippen molar-refractivity contribution in [3.8, 4) is 5.75 Å². The van der Waals surface area contributed by atoms with Crippen molar-refractivity contribution in [2.45, 2.75) is 39.7 Å². The van der Waals surface area contributed by atoms with Gasteiger partial charge in [0.1, 0.15) is 5.75 Å². The van der Waals surface area contributed by atoms with E-state index in [4.69, 9.17) is 4.74 Å². The Hall–Kier alpha value is -1.31. The lowest BCUT2D eigenvalue weighted by atomic mass is 9.91. The molecular weight excluding hydrogens is 200 g/mol. The van der Waals surface area contributed by atoms with E-state index in [1.807, 2.05) is 58.0 Å². The number of benzene rings is 1. The molecule has 0 saturated heterocycles. The minimum Gasteiger partial charge on any atom is -0.480 e. The highest BCUT2D eigenvalue weighted by molar-refractivity contribution is 5.88. The van der Waals surface area contributed by atoms with Gasteiger partial charge in [-0.3, -0.25) is 4.79 Å². The second-order valence-electron chi connectivity index (χ2n) is 4.60. The molecule has 0 bridgehead atoms. The highest BCUT2D eigenvalue weighted by Crippen LogP contribution is 2.22. The zero-order valence-corrected chi connectivity index (χ0v) is 10.5. The van der Waals surface area contributed by atoms with Gasteiger partial charge in [-0.25, -0.2) is 0 Å². The monoisotopic (exact) mass is 220 g/mol. The molecule has 2 nitrogen and oxygen atoms in total. The molecule has 0 amide bonds. The predicted octanol–water partition coefficient (Wildman–Crippen LogP) is 3.46. The van der Waals surface area contributed by atoms with Crippen LogP contribution in [0.4, 0.5) is 0 Å². The molecule has 0 aromatic heterocycles. The van der Waals surface area contributed by atoms with Gasteiger partial charge in [-0.05, 0) is 32.4 Å². The van der Waals surface area contributed by atoms with Crippen LogP contribution in [0.15, 0.2) is 30.3 Å². The van der Waals surface area contributed by atoms with Crippen molar-refractivity contribution in [3.63, 3.8) is 0 Å². The molecule has 88 valence electrons. The summed E-state index contributed by atoms with van der Waals surface area (Å²) in [6, 6.07) is 9.46. The zero-order valence-electron chi connectivity index (χ0n) is 10.5. The highest BCUT2D eigenvalue weighted by Gasteiger charge is 2.32. The second kappa shape index (κ2) is 5.15. The van der Waals surface area contributed by atoms with Gasteiger partial charge < -0.3 is 4.74 Å². The highest BCUT2D eigenvalue weighted by atomic mass is 16.5. The van der Waals surface area contributed by atoms with E-state index in [1.54, 1.807) is 0 Å². The Labute approximate surface area is 97.6 Å². The van der Waals surface area contributed by atoms with Crippen molar-refractivity contribution in [1.29, 1.82) is 0 Å². The van der Waals surface area contributed by atoms with Crippen LogP contribution in [-0.2, 0) is 4.79 Å². The van der Waals surface area contributed by atoms with E-state index in [0.29, 0.717) is 0 Å². The molecule has 1 rings (SSSR count). The van der Waals surface area contributed by atoms with Gasteiger partial charge in [0.15, 0.2) is 11.4 Å². The topological polar surface area (TPSA) is 26.3 Å². The van der Waals surface area contributed by atoms with Gasteiger partial charge in [0.05, 0.1) is 0 Å². The summed E-state index contributed by atoms with van der Waals surface area (Å²) in [6.07, 6.45) is 0.848. The molecule has 1 aromatic rings. The van der Waals surface area contributed by atoms with Crippen LogP contribution in [-0.4, -0.2) is 11.4 Å². The Morgan fingerprint density at radius 1 is 1.31 bits per heavy atom. The molecule has 0 aliphatic carbocycles. The van der Waals surface area contributed by atoms with E-state index in [2.05, 4.69) is 0 Å². The first-order valence-electron chi connectivity index (χ1n) is 5.75. The number of ketones is 1. The Balaban J connectivity index is 2.75. The number of Topliss-reactive ketones (excluding diaryl/α,β-unsaturated/α-hetero) is 1. The number of rotatable bonds is 5. The summed E-state index contributed by atoms with van der Waals surface area (Å²) in [6.45, 7) is 7.61. The SMILES string of the molecule is CCC(C)C(=O)C(C)(C)Oc1ccccc1. The van der Waals surface area contributed by atoms with Gasteiger partial charge in [-0.2, -0.15) is 0 Å². The molecule has 0 spiro atoms. The summed E-state index contributed by atoms with van der Waals surface area (Å²) in [7, 11) is 0. The van der Waals surface area contributed by atoms with Gasteiger partial charge in [0.2, 0.25) is 0 Å². The minimum atomic E-state index is -0.753. The normalized spacial score (nSPS) is 13.2. The molecule has 0 aliphatic rings. The summed E-state index contributed by atoms with van der Waals surface area (Å²) in [5, 5.41) is 0. The fourth-order valence-electron chi connectivity index (χ4n) is 1.61. The van der Waals surface area contributed by atoms with E-state index in [9.17, 15) is 4.79 Å². The van der Waals surface area contributed by atoms with Gasteiger partial charge in [-0.1, -0.05) is 32.0 Å². The summed E-state index contributed by atoms with van der Waals surface area (Å²) < 4.78 is 5.74. The van der Waals surface area contributed by atoms with Crippen molar-refractivity contribution in [2.24, 2.45) is 5.92 Å². The molecule has 1 aromatic carbocycles. The van der Waals surface area contributed by atoms with Gasteiger partial charge in [0.25, 0.3) is 0 Å². The van der Waals surface area contributed by atoms with Crippen LogP contribution < -0.4 is 4.74 Å². The maximum absolute atomic E-state index is 12.1. The van der Waals surface area contributed by atoms with Crippen LogP contribution in [0, 0.1) is 5.92 Å². The number of hydrogen-bond acceptors (Lipinski definition) is 2. The number of para-hydroxylation sites is 1. The molecule has 0 saturated carbocycles. The summed E-state index contributed by atoms with van der Waals surface area (Å²) in [5.41, 5.74) is -0.753. The quantitative estimate of drug-likeness (QED) is 0.759. The number of hydrogen-bond donors (Lipinski definition) is 0. The third kappa shape index (κ3) is 3.09. The number of carbonyl (C=O) groups excluding carboxylic acids is 1.